The second-order valence-corrected chi connectivity index (χ2v) is 19.3. The molecule has 0 aliphatic rings. The highest BCUT2D eigenvalue weighted by atomic mass is 16.5. The highest BCUT2D eigenvalue weighted by Crippen LogP contribution is 2.37. The maximum absolute atomic E-state index is 14.2. The Hall–Kier alpha value is -10.9. The van der Waals surface area contributed by atoms with Gasteiger partial charge in [-0.1, -0.05) is 48.5 Å². The van der Waals surface area contributed by atoms with Crippen LogP contribution in [0.25, 0.3) is 55.1 Å². The lowest BCUT2D eigenvalue weighted by Crippen LogP contribution is -2.37. The van der Waals surface area contributed by atoms with E-state index in [2.05, 4.69) is 20.6 Å². The van der Waals surface area contributed by atoms with Gasteiger partial charge in [-0.05, 0) is 122 Å². The van der Waals surface area contributed by atoms with Crippen molar-refractivity contribution in [3.8, 4) is 33.8 Å². The van der Waals surface area contributed by atoms with Crippen LogP contribution in [0.1, 0.15) is 56.1 Å². The normalized spacial score (nSPS) is 11.3. The number of amides is 2. The maximum Gasteiger partial charge on any atom is 0.329 e. The van der Waals surface area contributed by atoms with Crippen molar-refractivity contribution in [3.05, 3.63) is 209 Å². The molecule has 0 aliphatic heterocycles. The van der Waals surface area contributed by atoms with Crippen molar-refractivity contribution >= 4 is 68.2 Å². The molecule has 0 saturated carbocycles. The lowest BCUT2D eigenvalue weighted by Gasteiger charge is -2.10. The molecule has 6 aromatic heterocycles. The van der Waals surface area contributed by atoms with Gasteiger partial charge in [0.15, 0.2) is 13.2 Å². The van der Waals surface area contributed by atoms with E-state index in [1.54, 1.807) is 57.6 Å². The molecule has 82 heavy (non-hydrogen) atoms. The van der Waals surface area contributed by atoms with E-state index >= 15 is 0 Å². The fourth-order valence-corrected chi connectivity index (χ4v) is 10.1. The van der Waals surface area contributed by atoms with Gasteiger partial charge in [-0.2, -0.15) is 0 Å². The number of ketones is 2. The Labute approximate surface area is 462 Å². The van der Waals surface area contributed by atoms with E-state index in [-0.39, 0.29) is 69.5 Å². The van der Waals surface area contributed by atoms with Crippen LogP contribution in [0.3, 0.4) is 0 Å². The number of hydrogen-bond acceptors (Lipinski definition) is 12. The number of fused-ring (bicyclic) bond motifs is 4. The number of H-pyrrole nitrogens is 2. The van der Waals surface area contributed by atoms with E-state index in [0.29, 0.717) is 69.1 Å². The number of nitrogens with zero attached hydrogens (tertiary/aromatic N) is 4. The summed E-state index contributed by atoms with van der Waals surface area (Å²) in [6.45, 7) is 2.25. The number of aliphatic carboxylic acids is 2. The molecule has 414 valence electrons. The van der Waals surface area contributed by atoms with Crippen molar-refractivity contribution in [2.75, 3.05) is 26.3 Å². The molecule has 0 unspecified atom stereocenters. The molecule has 0 bridgehead atoms. The lowest BCUT2D eigenvalue weighted by atomic mass is 9.98. The number of unbranched alkanes of at least 4 members (excludes halogenated alkanes) is 1. The molecule has 0 aliphatic carbocycles. The Bertz CT molecular complexity index is 4220. The number of aromatic amines is 2. The minimum absolute atomic E-state index is 0.0560. The highest BCUT2D eigenvalue weighted by molar-refractivity contribution is 6.14. The summed E-state index contributed by atoms with van der Waals surface area (Å²) in [6, 6.07) is 33.7. The summed E-state index contributed by atoms with van der Waals surface area (Å²) in [5.74, 6) is -3.23. The highest BCUT2D eigenvalue weighted by Gasteiger charge is 2.26. The van der Waals surface area contributed by atoms with E-state index in [1.165, 1.54) is 36.4 Å². The van der Waals surface area contributed by atoms with Crippen LogP contribution >= 0.6 is 0 Å². The molecule has 6 N–H and O–H groups in total. The largest absolute Gasteiger partial charge is 0.484 e. The second kappa shape index (κ2) is 22.8. The van der Waals surface area contributed by atoms with Crippen LogP contribution in [-0.4, -0.2) is 99.7 Å². The molecule has 2 amide bonds. The third kappa shape index (κ3) is 10.8. The van der Waals surface area contributed by atoms with Gasteiger partial charge >= 0.3 is 23.3 Å². The Morgan fingerprint density at radius 2 is 0.902 bits per heavy atom. The van der Waals surface area contributed by atoms with Crippen LogP contribution in [0.2, 0.25) is 0 Å². The summed E-state index contributed by atoms with van der Waals surface area (Å²) >= 11 is 0. The predicted molar refractivity (Wildman–Crippen MR) is 301 cm³/mol. The second-order valence-electron chi connectivity index (χ2n) is 19.3. The fourth-order valence-electron chi connectivity index (χ4n) is 10.1. The monoisotopic (exact) mass is 1110 g/mol. The van der Waals surface area contributed by atoms with Gasteiger partial charge in [0.1, 0.15) is 24.6 Å². The summed E-state index contributed by atoms with van der Waals surface area (Å²) in [6.07, 6.45) is 4.69. The van der Waals surface area contributed by atoms with E-state index < -0.39 is 47.5 Å². The number of carbonyl (C=O) groups is 6. The van der Waals surface area contributed by atoms with Gasteiger partial charge in [0, 0.05) is 47.7 Å². The minimum atomic E-state index is -1.35. The minimum Gasteiger partial charge on any atom is -0.484 e. The molecule has 10 rings (SSSR count). The van der Waals surface area contributed by atoms with E-state index in [9.17, 15) is 47.9 Å². The first-order valence-electron chi connectivity index (χ1n) is 25.7. The third-order valence-corrected chi connectivity index (χ3v) is 14.0. The maximum atomic E-state index is 14.2. The Morgan fingerprint density at radius 1 is 0.512 bits per heavy atom. The standard InChI is InChI=1S/C60H50N8O14/c1-33-51(45-9-3-7-25-65(45)53(33)55(75)37-15-21-41-43(27-37)63-59(79)67(57(41)77)29-49(71)72)35-11-17-39(18-12-35)81-31-47(69)61-23-5-6-24-62-48(70)32-82-40-19-13-36(14-20-40)52-34(2)54(66-26-8-4-10-46(52)66)56(76)38-16-22-42-44(28-38)64-60(80)68(58(42)78)30-50(73)74/h3-4,7-22,25-28H,5-6,23-24,29-32H2,1-2H3,(H,61,69)(H,62,70)(H,63,79)(H,64,80)(H,71,72)(H,73,74). The number of aromatic nitrogens is 6. The van der Waals surface area contributed by atoms with Crippen LogP contribution in [0.15, 0.2) is 153 Å². The SMILES string of the molecule is Cc1c(-c2ccc(OCC(=O)NCCCCNC(=O)COc3ccc(-c4c(C)c(C(=O)c5ccc6c(=O)n(CC(=O)O)c(=O)[nH]c6c5)n5ccccc45)cc3)cc2)c2ccccn2c1C(=O)c1ccc2c(=O)n(CC(=O)O)c(=O)[nH]c2c1. The first-order chi connectivity index (χ1) is 39.5. The summed E-state index contributed by atoms with van der Waals surface area (Å²) < 4.78 is 16.2. The van der Waals surface area contributed by atoms with Gasteiger partial charge in [-0.3, -0.25) is 38.4 Å². The van der Waals surface area contributed by atoms with Crippen LogP contribution in [0.4, 0.5) is 0 Å². The van der Waals surface area contributed by atoms with Crippen LogP contribution in [0.5, 0.6) is 11.5 Å². The number of rotatable bonds is 21. The number of benzene rings is 4. The average Bonchev–Trinajstić information content (AvgIpc) is 3.38. The Kier molecular flexibility index (Phi) is 15.2. The quantitative estimate of drug-likeness (QED) is 0.0396. The summed E-state index contributed by atoms with van der Waals surface area (Å²) in [4.78, 5) is 132. The molecule has 10 aromatic rings. The van der Waals surface area contributed by atoms with Crippen LogP contribution in [-0.2, 0) is 32.3 Å². The number of ether oxygens (including phenoxy) is 2. The molecular weight excluding hydrogens is 1060 g/mol. The Morgan fingerprint density at radius 3 is 1.28 bits per heavy atom. The summed E-state index contributed by atoms with van der Waals surface area (Å²) in [7, 11) is 0. The van der Waals surface area contributed by atoms with Crippen molar-refractivity contribution < 1.29 is 48.5 Å². The third-order valence-electron chi connectivity index (χ3n) is 14.0. The Balaban J connectivity index is 0.682. The molecule has 6 heterocycles. The smallest absolute Gasteiger partial charge is 0.329 e. The predicted octanol–water partition coefficient (Wildman–Crippen LogP) is 5.25. The van der Waals surface area contributed by atoms with Crippen molar-refractivity contribution in [1.29, 1.82) is 0 Å². The number of nitrogens with one attached hydrogen (secondary N) is 4. The molecule has 22 heteroatoms. The van der Waals surface area contributed by atoms with E-state index in [1.807, 2.05) is 62.4 Å². The van der Waals surface area contributed by atoms with Gasteiger partial charge in [0.2, 0.25) is 11.6 Å². The van der Waals surface area contributed by atoms with Gasteiger partial charge < -0.3 is 49.1 Å². The van der Waals surface area contributed by atoms with Crippen LogP contribution < -0.4 is 42.6 Å². The van der Waals surface area contributed by atoms with Gasteiger partial charge in [-0.25, -0.2) is 18.7 Å². The van der Waals surface area contributed by atoms with Crippen molar-refractivity contribution in [1.82, 2.24) is 38.5 Å². The van der Waals surface area contributed by atoms with Crippen molar-refractivity contribution in [3.63, 3.8) is 0 Å². The molecule has 0 fully saturated rings. The molecule has 0 saturated heterocycles. The summed E-state index contributed by atoms with van der Waals surface area (Å²) in [5, 5.41) is 24.0. The molecule has 4 aromatic carbocycles. The van der Waals surface area contributed by atoms with Crippen molar-refractivity contribution in [2.24, 2.45) is 0 Å². The molecule has 0 spiro atoms. The van der Waals surface area contributed by atoms with Gasteiger partial charge in [0.25, 0.3) is 22.9 Å². The van der Waals surface area contributed by atoms with Crippen molar-refractivity contribution in [2.45, 2.75) is 39.8 Å². The van der Waals surface area contributed by atoms with Gasteiger partial charge in [0.05, 0.1) is 44.2 Å². The summed E-state index contributed by atoms with van der Waals surface area (Å²) in [5.41, 5.74) is 3.86. The zero-order chi connectivity index (χ0) is 57.9. The number of carboxylic acid groups (broad SMARTS) is 2. The molecule has 22 nitrogen and oxygen atoms in total. The number of carbonyl (C=O) groups excluding carboxylic acids is 4. The zero-order valence-corrected chi connectivity index (χ0v) is 43.9. The fraction of sp³-hybridized carbons (Fsp3) is 0.167. The molecular formula is C60H50N8O14. The van der Waals surface area contributed by atoms with Crippen LogP contribution in [0, 0.1) is 13.8 Å². The first-order valence-corrected chi connectivity index (χ1v) is 25.7. The average molecular weight is 1110 g/mol. The lowest BCUT2D eigenvalue weighted by molar-refractivity contribution is -0.138. The first kappa shape index (κ1) is 54.5. The molecule has 0 atom stereocenters. The van der Waals surface area contributed by atoms with Gasteiger partial charge in [-0.15, -0.1) is 0 Å². The number of carboxylic acids is 2. The number of pyridine rings is 2. The van der Waals surface area contributed by atoms with E-state index in [4.69, 9.17) is 19.7 Å². The zero-order valence-electron chi connectivity index (χ0n) is 43.9. The topological polar surface area (TPSA) is 304 Å². The van der Waals surface area contributed by atoms with E-state index in [0.717, 1.165) is 33.3 Å². The number of hydrogen-bond donors (Lipinski definition) is 6. The molecule has 0 radical (unpaired) electrons.